The highest BCUT2D eigenvalue weighted by Gasteiger charge is 2.05. The van der Waals surface area contributed by atoms with Crippen LogP contribution in [0.5, 0.6) is 5.75 Å². The molecule has 0 fully saturated rings. The molecule has 0 aliphatic carbocycles. The van der Waals surface area contributed by atoms with Crippen molar-refractivity contribution in [3.05, 3.63) is 53.1 Å². The highest BCUT2D eigenvalue weighted by atomic mass is 16.5. The predicted molar refractivity (Wildman–Crippen MR) is 70.1 cm³/mol. The fraction of sp³-hybridized carbons (Fsp3) is 0.214. The number of aromatic nitrogens is 2. The molecule has 0 bridgehead atoms. The molecule has 5 nitrogen and oxygen atoms in total. The second-order valence-electron chi connectivity index (χ2n) is 4.05. The maximum absolute atomic E-state index is 8.78. The maximum atomic E-state index is 8.78. The predicted octanol–water partition coefficient (Wildman–Crippen LogP) is 1.69. The summed E-state index contributed by atoms with van der Waals surface area (Å²) in [6.45, 7) is 2.59. The summed E-state index contributed by atoms with van der Waals surface area (Å²) in [6.07, 6.45) is 1.59. The lowest BCUT2D eigenvalue weighted by Gasteiger charge is -2.10. The first kappa shape index (κ1) is 13.0. The Kier molecular flexibility index (Phi) is 4.06. The van der Waals surface area contributed by atoms with E-state index in [-0.39, 0.29) is 0 Å². The van der Waals surface area contributed by atoms with Crippen LogP contribution >= 0.6 is 0 Å². The molecule has 0 saturated heterocycles. The van der Waals surface area contributed by atoms with Crippen LogP contribution in [0.3, 0.4) is 0 Å². The molecule has 0 aromatic carbocycles. The first-order valence-corrected chi connectivity index (χ1v) is 5.87. The molecule has 96 valence electrons. The lowest BCUT2D eigenvalue weighted by Crippen LogP contribution is -2.06. The molecular formula is C14H14N4O. The van der Waals surface area contributed by atoms with Gasteiger partial charge in [-0.2, -0.15) is 5.26 Å². The van der Waals surface area contributed by atoms with E-state index in [1.165, 1.54) is 0 Å². The molecule has 0 amide bonds. The average Bonchev–Trinajstić information content (AvgIpc) is 2.46. The molecule has 0 aliphatic heterocycles. The number of ether oxygens (including phenoxy) is 1. The summed E-state index contributed by atoms with van der Waals surface area (Å²) in [5, 5.41) is 8.78. The van der Waals surface area contributed by atoms with Crippen LogP contribution < -0.4 is 10.5 Å². The molecule has 0 spiro atoms. The highest BCUT2D eigenvalue weighted by molar-refractivity contribution is 5.30. The van der Waals surface area contributed by atoms with Crippen molar-refractivity contribution in [1.82, 2.24) is 9.97 Å². The topological polar surface area (TPSA) is 84.8 Å². The van der Waals surface area contributed by atoms with Crippen molar-refractivity contribution >= 4 is 0 Å². The summed E-state index contributed by atoms with van der Waals surface area (Å²) < 4.78 is 5.69. The second kappa shape index (κ2) is 5.94. The van der Waals surface area contributed by atoms with Crippen LogP contribution in [0, 0.1) is 18.3 Å². The van der Waals surface area contributed by atoms with Gasteiger partial charge in [-0.05, 0) is 36.8 Å². The van der Waals surface area contributed by atoms with E-state index in [4.69, 9.17) is 15.7 Å². The van der Waals surface area contributed by atoms with Crippen LogP contribution in [0.25, 0.3) is 0 Å². The zero-order valence-electron chi connectivity index (χ0n) is 10.6. The van der Waals surface area contributed by atoms with E-state index in [9.17, 15) is 0 Å². The molecule has 2 heterocycles. The Morgan fingerprint density at radius 3 is 2.95 bits per heavy atom. The van der Waals surface area contributed by atoms with Gasteiger partial charge in [0.1, 0.15) is 24.1 Å². The lowest BCUT2D eigenvalue weighted by molar-refractivity contribution is 0.301. The Hall–Kier alpha value is -2.45. The maximum Gasteiger partial charge on any atom is 0.142 e. The third kappa shape index (κ3) is 3.27. The quantitative estimate of drug-likeness (QED) is 0.897. The van der Waals surface area contributed by atoms with E-state index in [2.05, 4.69) is 9.97 Å². The normalized spacial score (nSPS) is 9.95. The van der Waals surface area contributed by atoms with Crippen LogP contribution in [0.2, 0.25) is 0 Å². The molecule has 2 aromatic heterocycles. The minimum atomic E-state index is 0.330. The van der Waals surface area contributed by atoms with Crippen molar-refractivity contribution in [2.75, 3.05) is 0 Å². The van der Waals surface area contributed by atoms with Crippen LogP contribution in [0.15, 0.2) is 30.5 Å². The summed E-state index contributed by atoms with van der Waals surface area (Å²) in [6, 6.07) is 9.24. The third-order valence-electron chi connectivity index (χ3n) is 2.60. The van der Waals surface area contributed by atoms with Crippen LogP contribution in [-0.4, -0.2) is 9.97 Å². The molecule has 2 rings (SSSR count). The van der Waals surface area contributed by atoms with E-state index in [0.29, 0.717) is 24.6 Å². The largest absolute Gasteiger partial charge is 0.487 e. The van der Waals surface area contributed by atoms with E-state index in [1.807, 2.05) is 31.2 Å². The van der Waals surface area contributed by atoms with Gasteiger partial charge in [0.2, 0.25) is 0 Å². The van der Waals surface area contributed by atoms with Gasteiger partial charge >= 0.3 is 0 Å². The molecule has 5 heteroatoms. The van der Waals surface area contributed by atoms with Gasteiger partial charge in [0.15, 0.2) is 0 Å². The fourth-order valence-electron chi connectivity index (χ4n) is 1.66. The van der Waals surface area contributed by atoms with Gasteiger partial charge in [-0.15, -0.1) is 0 Å². The van der Waals surface area contributed by atoms with E-state index in [1.54, 1.807) is 12.3 Å². The molecule has 19 heavy (non-hydrogen) atoms. The number of aryl methyl sites for hydroxylation is 1. The Balaban J connectivity index is 2.12. The molecule has 0 aliphatic rings. The van der Waals surface area contributed by atoms with Gasteiger partial charge in [-0.1, -0.05) is 0 Å². The van der Waals surface area contributed by atoms with Crippen molar-refractivity contribution in [2.24, 2.45) is 5.73 Å². The van der Waals surface area contributed by atoms with Crippen LogP contribution in [0.4, 0.5) is 0 Å². The van der Waals surface area contributed by atoms with Crippen molar-refractivity contribution in [3.8, 4) is 11.8 Å². The van der Waals surface area contributed by atoms with E-state index < -0.39 is 0 Å². The lowest BCUT2D eigenvalue weighted by atomic mass is 10.2. The minimum Gasteiger partial charge on any atom is -0.487 e. The molecule has 0 saturated carbocycles. The van der Waals surface area contributed by atoms with Crippen LogP contribution in [0.1, 0.15) is 22.6 Å². The van der Waals surface area contributed by atoms with Gasteiger partial charge in [0.25, 0.3) is 0 Å². The molecular weight excluding hydrogens is 240 g/mol. The Morgan fingerprint density at radius 2 is 2.21 bits per heavy atom. The summed E-state index contributed by atoms with van der Waals surface area (Å²) in [7, 11) is 0. The van der Waals surface area contributed by atoms with Crippen LogP contribution in [-0.2, 0) is 13.2 Å². The summed E-state index contributed by atoms with van der Waals surface area (Å²) >= 11 is 0. The molecule has 0 radical (unpaired) electrons. The first-order valence-electron chi connectivity index (χ1n) is 5.87. The molecule has 2 aromatic rings. The third-order valence-corrected chi connectivity index (χ3v) is 2.60. The van der Waals surface area contributed by atoms with Crippen molar-refractivity contribution in [1.29, 1.82) is 5.26 Å². The Morgan fingerprint density at radius 1 is 1.37 bits per heavy atom. The minimum absolute atomic E-state index is 0.330. The smallest absolute Gasteiger partial charge is 0.142 e. The van der Waals surface area contributed by atoms with Crippen molar-refractivity contribution in [3.63, 3.8) is 0 Å². The monoisotopic (exact) mass is 254 g/mol. The Bertz CT molecular complexity index is 619. The Labute approximate surface area is 111 Å². The van der Waals surface area contributed by atoms with Gasteiger partial charge < -0.3 is 10.5 Å². The molecule has 2 N–H and O–H groups in total. The fourth-order valence-corrected chi connectivity index (χ4v) is 1.66. The van der Waals surface area contributed by atoms with Gasteiger partial charge in [-0.3, -0.25) is 4.98 Å². The van der Waals surface area contributed by atoms with Crippen molar-refractivity contribution in [2.45, 2.75) is 20.1 Å². The van der Waals surface area contributed by atoms with Gasteiger partial charge in [0, 0.05) is 18.4 Å². The second-order valence-corrected chi connectivity index (χ2v) is 4.05. The number of nitrogens with zero attached hydrogens (tertiary/aromatic N) is 3. The number of hydrogen-bond donors (Lipinski definition) is 1. The standard InChI is InChI=1S/C14H14N4O/c1-10-2-3-14(13(8-16)18-10)19-9-11-4-5-17-12(6-11)7-15/h2-6H,8-9,16H2,1H3. The van der Waals surface area contributed by atoms with Gasteiger partial charge in [0.05, 0.1) is 5.69 Å². The number of nitriles is 1. The number of nitrogens with two attached hydrogens (primary N) is 1. The molecule has 0 unspecified atom stereocenters. The SMILES string of the molecule is Cc1ccc(OCc2ccnc(C#N)c2)c(CN)n1. The number of rotatable bonds is 4. The molecule has 0 atom stereocenters. The average molecular weight is 254 g/mol. The van der Waals surface area contributed by atoms with Crippen molar-refractivity contribution < 1.29 is 4.74 Å². The first-order chi connectivity index (χ1) is 9.22. The highest BCUT2D eigenvalue weighted by Crippen LogP contribution is 2.18. The van der Waals surface area contributed by atoms with E-state index >= 15 is 0 Å². The number of hydrogen-bond acceptors (Lipinski definition) is 5. The summed E-state index contributed by atoms with van der Waals surface area (Å²) in [5.41, 5.74) is 8.54. The summed E-state index contributed by atoms with van der Waals surface area (Å²) in [4.78, 5) is 8.23. The summed E-state index contributed by atoms with van der Waals surface area (Å²) in [5.74, 6) is 0.670. The van der Waals surface area contributed by atoms with E-state index in [0.717, 1.165) is 17.0 Å². The zero-order valence-corrected chi connectivity index (χ0v) is 10.6. The zero-order chi connectivity index (χ0) is 13.7. The number of pyridine rings is 2. The van der Waals surface area contributed by atoms with Gasteiger partial charge in [-0.25, -0.2) is 4.98 Å².